The lowest BCUT2D eigenvalue weighted by Gasteiger charge is -1.92. The molecule has 1 atom stereocenters. The monoisotopic (exact) mass is 221 g/mol. The average molecular weight is 222 g/mol. The Morgan fingerprint density at radius 3 is 2.70 bits per heavy atom. The van der Waals surface area contributed by atoms with Crippen LogP contribution in [0.2, 0.25) is 0 Å². The number of pyridine rings is 1. The van der Waals surface area contributed by atoms with E-state index in [1.54, 1.807) is 12.1 Å². The summed E-state index contributed by atoms with van der Waals surface area (Å²) in [7, 11) is 0. The summed E-state index contributed by atoms with van der Waals surface area (Å²) in [6.07, 6.45) is 0. The van der Waals surface area contributed by atoms with Crippen LogP contribution in [0.3, 0.4) is 0 Å². The highest BCUT2D eigenvalue weighted by Gasteiger charge is 1.99. The van der Waals surface area contributed by atoms with Gasteiger partial charge in [0, 0.05) is 0 Å². The Labute approximate surface area is 68.9 Å². The summed E-state index contributed by atoms with van der Waals surface area (Å²) in [6, 6.07) is 4.83. The second-order valence-electron chi connectivity index (χ2n) is 1.55. The van der Waals surface area contributed by atoms with Gasteiger partial charge in [-0.2, -0.15) is 0 Å². The van der Waals surface area contributed by atoms with Crippen LogP contribution in [0.5, 0.6) is 0 Å². The molecule has 3 nitrogen and oxygen atoms in total. The Balaban J connectivity index is 3.07. The maximum Gasteiger partial charge on any atom is 0.205 e. The minimum Gasteiger partial charge on any atom is -0.301 e. The fourth-order valence-corrected chi connectivity index (χ4v) is 1.32. The van der Waals surface area contributed by atoms with Crippen LogP contribution in [0.25, 0.3) is 0 Å². The van der Waals surface area contributed by atoms with Gasteiger partial charge in [-0.15, -0.1) is 0 Å². The van der Waals surface area contributed by atoms with E-state index in [1.165, 1.54) is 6.07 Å². The summed E-state index contributed by atoms with van der Waals surface area (Å²) in [4.78, 5) is 3.74. The highest BCUT2D eigenvalue weighted by Crippen LogP contribution is 2.07. The van der Waals surface area contributed by atoms with Gasteiger partial charge in [-0.1, -0.05) is 6.07 Å². The van der Waals surface area contributed by atoms with Gasteiger partial charge in [0.05, 0.1) is 0 Å². The molecule has 0 aliphatic rings. The second-order valence-corrected chi connectivity index (χ2v) is 3.28. The number of hydrogen-bond acceptors (Lipinski definition) is 2. The molecule has 0 fully saturated rings. The van der Waals surface area contributed by atoms with Crippen molar-refractivity contribution in [2.45, 2.75) is 5.03 Å². The molecule has 10 heavy (non-hydrogen) atoms. The average Bonchev–Trinajstić information content (AvgIpc) is 1.88. The highest BCUT2D eigenvalue weighted by molar-refractivity contribution is 9.10. The molecule has 0 radical (unpaired) electrons. The van der Waals surface area contributed by atoms with Gasteiger partial charge in [-0.3, -0.25) is 0 Å². The van der Waals surface area contributed by atoms with Gasteiger partial charge in [-0.05, 0) is 28.1 Å². The predicted octanol–water partition coefficient (Wildman–Crippen LogP) is 1.42. The Morgan fingerprint density at radius 2 is 2.30 bits per heavy atom. The molecule has 0 amide bonds. The summed E-state index contributed by atoms with van der Waals surface area (Å²) >= 11 is 1.09. The molecule has 0 bridgehead atoms. The zero-order valence-corrected chi connectivity index (χ0v) is 7.22. The van der Waals surface area contributed by atoms with Gasteiger partial charge < -0.3 is 4.55 Å². The summed E-state index contributed by atoms with van der Waals surface area (Å²) in [5, 5.41) is 0.161. The molecule has 0 aliphatic heterocycles. The van der Waals surface area contributed by atoms with Gasteiger partial charge in [0.25, 0.3) is 0 Å². The first-order valence-electron chi connectivity index (χ1n) is 2.43. The fraction of sp³-hybridized carbons (Fsp3) is 0. The quantitative estimate of drug-likeness (QED) is 0.577. The number of rotatable bonds is 1. The Bertz CT molecular complexity index is 266. The highest BCUT2D eigenvalue weighted by atomic mass is 79.9. The van der Waals surface area contributed by atoms with E-state index in [0.717, 1.165) is 0 Å². The molecule has 1 heterocycles. The van der Waals surface area contributed by atoms with E-state index in [4.69, 9.17) is 4.55 Å². The van der Waals surface area contributed by atoms with Crippen LogP contribution in [-0.4, -0.2) is 13.7 Å². The van der Waals surface area contributed by atoms with Crippen LogP contribution >= 0.6 is 15.9 Å². The van der Waals surface area contributed by atoms with Crippen LogP contribution in [0.4, 0.5) is 0 Å². The smallest absolute Gasteiger partial charge is 0.205 e. The molecular formula is C5H4BrNO2S. The topological polar surface area (TPSA) is 50.2 Å². The molecule has 1 N–H and O–H groups in total. The lowest BCUT2D eigenvalue weighted by atomic mass is 10.5. The SMILES string of the molecule is O=S(O)c1cccc(Br)n1. The van der Waals surface area contributed by atoms with Crippen molar-refractivity contribution in [2.75, 3.05) is 0 Å². The summed E-state index contributed by atoms with van der Waals surface area (Å²) in [6.45, 7) is 0. The van der Waals surface area contributed by atoms with Gasteiger partial charge >= 0.3 is 0 Å². The lowest BCUT2D eigenvalue weighted by molar-refractivity contribution is 0.560. The summed E-state index contributed by atoms with van der Waals surface area (Å²) < 4.78 is 19.5. The third kappa shape index (κ3) is 1.86. The molecule has 1 unspecified atom stereocenters. The minimum atomic E-state index is -1.98. The number of hydrogen-bond donors (Lipinski definition) is 1. The van der Waals surface area contributed by atoms with Crippen LogP contribution in [0.1, 0.15) is 0 Å². The van der Waals surface area contributed by atoms with Crippen molar-refractivity contribution in [3.8, 4) is 0 Å². The maximum absolute atomic E-state index is 10.4. The Morgan fingerprint density at radius 1 is 1.60 bits per heavy atom. The van der Waals surface area contributed by atoms with Crippen LogP contribution in [0.15, 0.2) is 27.8 Å². The third-order valence-corrected chi connectivity index (χ3v) is 1.90. The first kappa shape index (κ1) is 7.84. The second kappa shape index (κ2) is 3.23. The number of halogens is 1. The van der Waals surface area contributed by atoms with Crippen LogP contribution < -0.4 is 0 Å². The molecule has 0 saturated carbocycles. The first-order valence-corrected chi connectivity index (χ1v) is 4.33. The molecule has 1 aromatic heterocycles. The van der Waals surface area contributed by atoms with Crippen molar-refractivity contribution in [1.29, 1.82) is 0 Å². The van der Waals surface area contributed by atoms with E-state index in [0.29, 0.717) is 4.60 Å². The Kier molecular flexibility index (Phi) is 2.53. The lowest BCUT2D eigenvalue weighted by Crippen LogP contribution is -1.91. The van der Waals surface area contributed by atoms with Gasteiger partial charge in [0.1, 0.15) is 4.60 Å². The first-order chi connectivity index (χ1) is 4.70. The summed E-state index contributed by atoms with van der Waals surface area (Å²) in [5.74, 6) is 0. The molecule has 0 saturated heterocycles. The fourth-order valence-electron chi connectivity index (χ4n) is 0.487. The van der Waals surface area contributed by atoms with Gasteiger partial charge in [0.2, 0.25) is 11.1 Å². The zero-order valence-electron chi connectivity index (χ0n) is 4.82. The molecule has 5 heteroatoms. The van der Waals surface area contributed by atoms with E-state index >= 15 is 0 Å². The number of aromatic nitrogens is 1. The molecular weight excluding hydrogens is 218 g/mol. The molecule has 0 aliphatic carbocycles. The largest absolute Gasteiger partial charge is 0.301 e. The molecule has 1 rings (SSSR count). The standard InChI is InChI=1S/C5H4BrNO2S/c6-4-2-1-3-5(7-4)10(8)9/h1-3H,(H,8,9). The van der Waals surface area contributed by atoms with Crippen molar-refractivity contribution < 1.29 is 8.76 Å². The predicted molar refractivity (Wildman–Crippen MR) is 41.0 cm³/mol. The van der Waals surface area contributed by atoms with Crippen molar-refractivity contribution in [3.63, 3.8) is 0 Å². The molecule has 0 spiro atoms. The summed E-state index contributed by atoms with van der Waals surface area (Å²) in [5.41, 5.74) is 0. The van der Waals surface area contributed by atoms with Crippen molar-refractivity contribution in [3.05, 3.63) is 22.8 Å². The van der Waals surface area contributed by atoms with E-state index in [9.17, 15) is 4.21 Å². The van der Waals surface area contributed by atoms with Crippen molar-refractivity contribution in [2.24, 2.45) is 0 Å². The van der Waals surface area contributed by atoms with Gasteiger partial charge in [-0.25, -0.2) is 9.19 Å². The minimum absolute atomic E-state index is 0.161. The molecule has 1 aromatic rings. The number of nitrogens with zero attached hydrogens (tertiary/aromatic N) is 1. The van der Waals surface area contributed by atoms with Crippen molar-refractivity contribution in [1.82, 2.24) is 4.98 Å². The van der Waals surface area contributed by atoms with Crippen LogP contribution in [-0.2, 0) is 11.1 Å². The maximum atomic E-state index is 10.4. The van der Waals surface area contributed by atoms with Gasteiger partial charge in [0.15, 0.2) is 5.03 Å². The zero-order chi connectivity index (χ0) is 7.56. The van der Waals surface area contributed by atoms with E-state index < -0.39 is 11.1 Å². The normalized spacial score (nSPS) is 13.0. The van der Waals surface area contributed by atoms with E-state index in [1.807, 2.05) is 0 Å². The van der Waals surface area contributed by atoms with E-state index in [2.05, 4.69) is 20.9 Å². The Hall–Kier alpha value is -0.260. The molecule has 0 aromatic carbocycles. The molecule has 54 valence electrons. The van der Waals surface area contributed by atoms with Crippen molar-refractivity contribution >= 4 is 27.0 Å². The van der Waals surface area contributed by atoms with E-state index in [-0.39, 0.29) is 5.03 Å². The van der Waals surface area contributed by atoms with Crippen LogP contribution in [0, 0.1) is 0 Å². The third-order valence-electron chi connectivity index (χ3n) is 0.868.